The van der Waals surface area contributed by atoms with Gasteiger partial charge in [0.2, 0.25) is 0 Å². The fourth-order valence-electron chi connectivity index (χ4n) is 1.99. The Hall–Kier alpha value is -1.68. The van der Waals surface area contributed by atoms with Crippen molar-refractivity contribution in [1.82, 2.24) is 10.3 Å². The predicted molar refractivity (Wildman–Crippen MR) is 64.6 cm³/mol. The van der Waals surface area contributed by atoms with Gasteiger partial charge < -0.3 is 10.4 Å². The summed E-state index contributed by atoms with van der Waals surface area (Å²) in [5, 5.41) is 11.9. The van der Waals surface area contributed by atoms with Gasteiger partial charge in [-0.2, -0.15) is 0 Å². The molecule has 1 aromatic rings. The van der Waals surface area contributed by atoms with Gasteiger partial charge in [-0.25, -0.2) is 0 Å². The molecular formula is C13H16N2O2. The van der Waals surface area contributed by atoms with Gasteiger partial charge in [0.15, 0.2) is 0 Å². The zero-order chi connectivity index (χ0) is 12.3. The molecule has 1 amide bonds. The molecule has 0 saturated heterocycles. The first-order chi connectivity index (χ1) is 8.20. The lowest BCUT2D eigenvalue weighted by atomic mass is 10.1. The SMILES string of the molecule is Cc1ncccc1C(=O)N[C@@H]1C=C[C@H](CO)C1. The molecule has 0 radical (unpaired) electrons. The molecule has 1 heterocycles. The molecule has 4 nitrogen and oxygen atoms in total. The molecule has 1 aromatic heterocycles. The second-order valence-corrected chi connectivity index (χ2v) is 4.28. The highest BCUT2D eigenvalue weighted by atomic mass is 16.3. The highest BCUT2D eigenvalue weighted by Gasteiger charge is 2.20. The number of hydrogen-bond donors (Lipinski definition) is 2. The summed E-state index contributed by atoms with van der Waals surface area (Å²) >= 11 is 0. The second kappa shape index (κ2) is 5.10. The summed E-state index contributed by atoms with van der Waals surface area (Å²) in [6, 6.07) is 3.53. The molecule has 0 spiro atoms. The Morgan fingerprint density at radius 3 is 3.06 bits per heavy atom. The van der Waals surface area contributed by atoms with Crippen molar-refractivity contribution in [3.05, 3.63) is 41.7 Å². The van der Waals surface area contributed by atoms with Crippen LogP contribution in [0.1, 0.15) is 22.5 Å². The lowest BCUT2D eigenvalue weighted by Crippen LogP contribution is -2.33. The van der Waals surface area contributed by atoms with E-state index >= 15 is 0 Å². The quantitative estimate of drug-likeness (QED) is 0.766. The van der Waals surface area contributed by atoms with Gasteiger partial charge in [-0.1, -0.05) is 12.2 Å². The lowest BCUT2D eigenvalue weighted by molar-refractivity contribution is 0.0940. The topological polar surface area (TPSA) is 62.2 Å². The van der Waals surface area contributed by atoms with Gasteiger partial charge in [0.1, 0.15) is 0 Å². The van der Waals surface area contributed by atoms with Crippen LogP contribution in [0, 0.1) is 12.8 Å². The molecule has 0 aromatic carbocycles. The number of nitrogens with zero attached hydrogens (tertiary/aromatic N) is 1. The maximum Gasteiger partial charge on any atom is 0.253 e. The number of rotatable bonds is 3. The van der Waals surface area contributed by atoms with Crippen molar-refractivity contribution in [2.24, 2.45) is 5.92 Å². The van der Waals surface area contributed by atoms with Gasteiger partial charge >= 0.3 is 0 Å². The van der Waals surface area contributed by atoms with Crippen LogP contribution in [0.25, 0.3) is 0 Å². The number of hydrogen-bond acceptors (Lipinski definition) is 3. The molecule has 2 rings (SSSR count). The summed E-state index contributed by atoms with van der Waals surface area (Å²) in [7, 11) is 0. The molecule has 4 heteroatoms. The minimum Gasteiger partial charge on any atom is -0.396 e. The van der Waals surface area contributed by atoms with E-state index in [1.807, 2.05) is 19.1 Å². The number of amides is 1. The average molecular weight is 232 g/mol. The average Bonchev–Trinajstić information content (AvgIpc) is 2.77. The van der Waals surface area contributed by atoms with Gasteiger partial charge in [0.25, 0.3) is 5.91 Å². The Balaban J connectivity index is 1.99. The van der Waals surface area contributed by atoms with Gasteiger partial charge in [-0.15, -0.1) is 0 Å². The maximum atomic E-state index is 12.0. The third kappa shape index (κ3) is 2.71. The summed E-state index contributed by atoms with van der Waals surface area (Å²) < 4.78 is 0. The van der Waals surface area contributed by atoms with E-state index in [0.29, 0.717) is 5.56 Å². The molecule has 0 unspecified atom stereocenters. The molecular weight excluding hydrogens is 216 g/mol. The van der Waals surface area contributed by atoms with Gasteiger partial charge in [0.05, 0.1) is 5.56 Å². The Labute approximate surface area is 100 Å². The molecule has 0 fully saturated rings. The van der Waals surface area contributed by atoms with E-state index in [1.54, 1.807) is 18.3 Å². The van der Waals surface area contributed by atoms with E-state index in [9.17, 15) is 4.79 Å². The highest BCUT2D eigenvalue weighted by Crippen LogP contribution is 2.17. The van der Waals surface area contributed by atoms with E-state index in [0.717, 1.165) is 12.1 Å². The molecule has 0 bridgehead atoms. The normalized spacial score (nSPS) is 22.7. The number of aliphatic hydroxyl groups excluding tert-OH is 1. The van der Waals surface area contributed by atoms with Crippen molar-refractivity contribution in [2.45, 2.75) is 19.4 Å². The standard InChI is InChI=1S/C13H16N2O2/c1-9-12(3-2-6-14-9)13(17)15-11-5-4-10(7-11)8-16/h2-6,10-11,16H,7-8H2,1H3,(H,15,17)/t10-,11+/m0/s1. The summed E-state index contributed by atoms with van der Waals surface area (Å²) in [6.45, 7) is 1.95. The zero-order valence-corrected chi connectivity index (χ0v) is 9.76. The number of nitrogens with one attached hydrogen (secondary N) is 1. The number of aliphatic hydroxyl groups is 1. The number of pyridine rings is 1. The van der Waals surface area contributed by atoms with Crippen LogP contribution >= 0.6 is 0 Å². The fourth-order valence-corrected chi connectivity index (χ4v) is 1.99. The van der Waals surface area contributed by atoms with E-state index in [1.165, 1.54) is 0 Å². The monoisotopic (exact) mass is 232 g/mol. The van der Waals surface area contributed by atoms with Crippen molar-refractivity contribution in [2.75, 3.05) is 6.61 Å². The predicted octanol–water partition coefficient (Wildman–Crippen LogP) is 1.06. The van der Waals surface area contributed by atoms with Crippen LogP contribution in [0.15, 0.2) is 30.5 Å². The molecule has 17 heavy (non-hydrogen) atoms. The van der Waals surface area contributed by atoms with E-state index in [2.05, 4.69) is 10.3 Å². The smallest absolute Gasteiger partial charge is 0.253 e. The molecule has 0 saturated carbocycles. The maximum absolute atomic E-state index is 12.0. The summed E-state index contributed by atoms with van der Waals surface area (Å²) in [5.41, 5.74) is 1.33. The van der Waals surface area contributed by atoms with Crippen molar-refractivity contribution in [3.8, 4) is 0 Å². The van der Waals surface area contributed by atoms with Crippen LogP contribution in [0.3, 0.4) is 0 Å². The van der Waals surface area contributed by atoms with Crippen molar-refractivity contribution in [1.29, 1.82) is 0 Å². The molecule has 1 aliphatic rings. The second-order valence-electron chi connectivity index (χ2n) is 4.28. The van der Waals surface area contributed by atoms with Gasteiger partial charge in [0, 0.05) is 30.5 Å². The molecule has 2 N–H and O–H groups in total. The zero-order valence-electron chi connectivity index (χ0n) is 9.76. The number of carbonyl (C=O) groups excluding carboxylic acids is 1. The third-order valence-electron chi connectivity index (χ3n) is 2.97. The van der Waals surface area contributed by atoms with Crippen LogP contribution in [0.4, 0.5) is 0 Å². The summed E-state index contributed by atoms with van der Waals surface area (Å²) in [4.78, 5) is 16.1. The fraction of sp³-hybridized carbons (Fsp3) is 0.385. The van der Waals surface area contributed by atoms with Crippen molar-refractivity contribution < 1.29 is 9.90 Å². The minimum absolute atomic E-state index is 0.0132. The Kier molecular flexibility index (Phi) is 3.54. The molecule has 0 aliphatic heterocycles. The van der Waals surface area contributed by atoms with E-state index in [4.69, 9.17) is 5.11 Å². The Morgan fingerprint density at radius 1 is 1.59 bits per heavy atom. The minimum atomic E-state index is -0.108. The van der Waals surface area contributed by atoms with E-state index < -0.39 is 0 Å². The van der Waals surface area contributed by atoms with Crippen LogP contribution in [-0.2, 0) is 0 Å². The summed E-state index contributed by atoms with van der Waals surface area (Å²) in [6.07, 6.45) is 6.32. The third-order valence-corrected chi connectivity index (χ3v) is 2.97. The van der Waals surface area contributed by atoms with Gasteiger partial charge in [-0.05, 0) is 25.5 Å². The van der Waals surface area contributed by atoms with Gasteiger partial charge in [-0.3, -0.25) is 9.78 Å². The molecule has 90 valence electrons. The van der Waals surface area contributed by atoms with E-state index in [-0.39, 0.29) is 24.5 Å². The van der Waals surface area contributed by atoms with Crippen LogP contribution in [0.2, 0.25) is 0 Å². The van der Waals surface area contributed by atoms with Crippen LogP contribution in [0.5, 0.6) is 0 Å². The Morgan fingerprint density at radius 2 is 2.41 bits per heavy atom. The van der Waals surface area contributed by atoms with Crippen molar-refractivity contribution in [3.63, 3.8) is 0 Å². The number of aryl methyl sites for hydroxylation is 1. The van der Waals surface area contributed by atoms with Crippen LogP contribution < -0.4 is 5.32 Å². The largest absolute Gasteiger partial charge is 0.396 e. The first-order valence-corrected chi connectivity index (χ1v) is 5.72. The Bertz CT molecular complexity index is 443. The first-order valence-electron chi connectivity index (χ1n) is 5.72. The number of carbonyl (C=O) groups is 1. The lowest BCUT2D eigenvalue weighted by Gasteiger charge is -2.13. The number of aromatic nitrogens is 1. The van der Waals surface area contributed by atoms with Crippen LogP contribution in [-0.4, -0.2) is 28.6 Å². The van der Waals surface area contributed by atoms with Crippen molar-refractivity contribution >= 4 is 5.91 Å². The summed E-state index contributed by atoms with van der Waals surface area (Å²) in [5.74, 6) is 0.0548. The molecule has 1 aliphatic carbocycles. The first kappa shape index (κ1) is 11.8. The molecule has 2 atom stereocenters. The highest BCUT2D eigenvalue weighted by molar-refractivity contribution is 5.95.